The number of hydrogen-bond acceptors (Lipinski definition) is 4. The van der Waals surface area contributed by atoms with Gasteiger partial charge >= 0.3 is 5.97 Å². The van der Waals surface area contributed by atoms with Crippen molar-refractivity contribution in [3.63, 3.8) is 0 Å². The van der Waals surface area contributed by atoms with Crippen molar-refractivity contribution in [2.45, 2.75) is 37.9 Å². The van der Waals surface area contributed by atoms with Crippen LogP contribution in [0.15, 0.2) is 24.4 Å². The number of carbonyl (C=O) groups excluding carboxylic acids is 1. The van der Waals surface area contributed by atoms with E-state index in [0.717, 1.165) is 30.3 Å². The second-order valence-corrected chi connectivity index (χ2v) is 6.82. The van der Waals surface area contributed by atoms with Crippen LogP contribution in [0.5, 0.6) is 0 Å². The van der Waals surface area contributed by atoms with Crippen molar-refractivity contribution in [1.82, 2.24) is 14.9 Å². The van der Waals surface area contributed by atoms with Crippen LogP contribution in [-0.2, 0) is 9.53 Å². The summed E-state index contributed by atoms with van der Waals surface area (Å²) in [7, 11) is 0. The number of carboxylic acid groups (broad SMARTS) is 1. The third kappa shape index (κ3) is 3.11. The Morgan fingerprint density at radius 3 is 2.68 bits per heavy atom. The number of amides is 1. The molecule has 2 aromatic heterocycles. The van der Waals surface area contributed by atoms with Crippen LogP contribution in [0.3, 0.4) is 0 Å². The molecule has 2 aliphatic heterocycles. The van der Waals surface area contributed by atoms with Gasteiger partial charge in [-0.2, -0.15) is 0 Å². The molecule has 4 rings (SSSR count). The van der Waals surface area contributed by atoms with Crippen molar-refractivity contribution >= 4 is 22.9 Å². The number of aliphatic carboxylic acids is 1. The van der Waals surface area contributed by atoms with E-state index in [1.54, 1.807) is 6.07 Å². The Morgan fingerprint density at radius 1 is 1.16 bits per heavy atom. The van der Waals surface area contributed by atoms with E-state index in [-0.39, 0.29) is 12.0 Å². The van der Waals surface area contributed by atoms with E-state index in [9.17, 15) is 9.59 Å². The van der Waals surface area contributed by atoms with E-state index in [0.29, 0.717) is 31.1 Å². The minimum Gasteiger partial charge on any atom is -0.479 e. The van der Waals surface area contributed by atoms with Crippen molar-refractivity contribution in [3.05, 3.63) is 30.1 Å². The minimum absolute atomic E-state index is 0.00625. The predicted octanol–water partition coefficient (Wildman–Crippen LogP) is 2.05. The third-order valence-corrected chi connectivity index (χ3v) is 5.31. The van der Waals surface area contributed by atoms with E-state index < -0.39 is 12.1 Å². The van der Waals surface area contributed by atoms with Crippen molar-refractivity contribution in [2.75, 3.05) is 13.1 Å². The van der Waals surface area contributed by atoms with Gasteiger partial charge in [-0.15, -0.1) is 0 Å². The molecule has 0 aliphatic carbocycles. The number of fused-ring (bicyclic) bond motifs is 1. The molecule has 4 heterocycles. The summed E-state index contributed by atoms with van der Waals surface area (Å²) in [5.41, 5.74) is 1.18. The number of pyridine rings is 1. The Balaban J connectivity index is 1.36. The molecule has 0 unspecified atom stereocenters. The summed E-state index contributed by atoms with van der Waals surface area (Å²) >= 11 is 0. The zero-order valence-electron chi connectivity index (χ0n) is 13.9. The third-order valence-electron chi connectivity index (χ3n) is 5.31. The fourth-order valence-electron chi connectivity index (χ4n) is 3.88. The molecule has 2 atom stereocenters. The van der Waals surface area contributed by atoms with Gasteiger partial charge in [-0.25, -0.2) is 9.78 Å². The number of hydrogen-bond donors (Lipinski definition) is 2. The molecular formula is C18H21N3O4. The summed E-state index contributed by atoms with van der Waals surface area (Å²) in [6.45, 7) is 1.32. The Bertz CT molecular complexity index is 794. The molecule has 2 fully saturated rings. The van der Waals surface area contributed by atoms with Gasteiger partial charge in [0.25, 0.3) is 5.91 Å². The van der Waals surface area contributed by atoms with Gasteiger partial charge in [0.15, 0.2) is 6.10 Å². The van der Waals surface area contributed by atoms with Gasteiger partial charge in [-0.1, -0.05) is 0 Å². The standard InChI is InChI=1S/C18H21N3O4/c22-17(13-2-1-12-5-8-19-16(12)20-13)21-9-6-11(7-10-21)14-3-4-15(25-14)18(23)24/h1-2,5,8,11,14-15H,3-4,6-7,9-10H2,(H,19,20)(H,23,24)/t14-,15+/m0/s1. The lowest BCUT2D eigenvalue weighted by Crippen LogP contribution is -2.41. The van der Waals surface area contributed by atoms with E-state index >= 15 is 0 Å². The molecule has 25 heavy (non-hydrogen) atoms. The van der Waals surface area contributed by atoms with Crippen LogP contribution in [0.4, 0.5) is 0 Å². The van der Waals surface area contributed by atoms with Crippen LogP contribution in [0.1, 0.15) is 36.2 Å². The number of nitrogens with one attached hydrogen (secondary N) is 1. The SMILES string of the molecule is O=C(O)[C@H]1CC[C@@H](C2CCN(C(=O)c3ccc4cc[nH]c4n3)CC2)O1. The molecular weight excluding hydrogens is 322 g/mol. The van der Waals surface area contributed by atoms with Gasteiger partial charge < -0.3 is 19.7 Å². The largest absolute Gasteiger partial charge is 0.479 e. The van der Waals surface area contributed by atoms with Gasteiger partial charge in [0.1, 0.15) is 11.3 Å². The average molecular weight is 343 g/mol. The number of rotatable bonds is 3. The van der Waals surface area contributed by atoms with Crippen molar-refractivity contribution in [2.24, 2.45) is 5.92 Å². The number of ether oxygens (including phenoxy) is 1. The van der Waals surface area contributed by atoms with Crippen LogP contribution >= 0.6 is 0 Å². The number of nitrogens with zero attached hydrogens (tertiary/aromatic N) is 2. The highest BCUT2D eigenvalue weighted by atomic mass is 16.5. The lowest BCUT2D eigenvalue weighted by atomic mass is 9.89. The number of aromatic amines is 1. The van der Waals surface area contributed by atoms with Gasteiger partial charge in [-0.05, 0) is 49.8 Å². The first-order valence-corrected chi connectivity index (χ1v) is 8.73. The number of aromatic nitrogens is 2. The summed E-state index contributed by atoms with van der Waals surface area (Å²) in [6.07, 6.45) is 4.21. The van der Waals surface area contributed by atoms with E-state index in [1.807, 2.05) is 23.2 Å². The molecule has 2 saturated heterocycles. The average Bonchev–Trinajstić information content (AvgIpc) is 3.30. The van der Waals surface area contributed by atoms with E-state index in [2.05, 4.69) is 9.97 Å². The van der Waals surface area contributed by atoms with Crippen molar-refractivity contribution in [1.29, 1.82) is 0 Å². The first-order chi connectivity index (χ1) is 12.1. The Hall–Kier alpha value is -2.41. The van der Waals surface area contributed by atoms with Crippen molar-refractivity contribution in [3.8, 4) is 0 Å². The van der Waals surface area contributed by atoms with Crippen LogP contribution in [0, 0.1) is 5.92 Å². The monoisotopic (exact) mass is 343 g/mol. The number of carboxylic acids is 1. The summed E-state index contributed by atoms with van der Waals surface area (Å²) in [5.74, 6) is -0.598. The highest BCUT2D eigenvalue weighted by molar-refractivity contribution is 5.94. The molecule has 0 bridgehead atoms. The lowest BCUT2D eigenvalue weighted by molar-refractivity contribution is -0.150. The van der Waals surface area contributed by atoms with Gasteiger partial charge in [-0.3, -0.25) is 4.79 Å². The van der Waals surface area contributed by atoms with Crippen LogP contribution in [0.25, 0.3) is 11.0 Å². The Morgan fingerprint density at radius 2 is 1.96 bits per heavy atom. The normalized spacial score (nSPS) is 24.7. The van der Waals surface area contributed by atoms with Gasteiger partial charge in [0, 0.05) is 24.7 Å². The van der Waals surface area contributed by atoms with Gasteiger partial charge in [0.05, 0.1) is 6.10 Å². The fraction of sp³-hybridized carbons (Fsp3) is 0.500. The van der Waals surface area contributed by atoms with Crippen LogP contribution in [0.2, 0.25) is 0 Å². The number of piperidine rings is 1. The molecule has 0 radical (unpaired) electrons. The highest BCUT2D eigenvalue weighted by Crippen LogP contribution is 2.32. The topological polar surface area (TPSA) is 95.5 Å². The quantitative estimate of drug-likeness (QED) is 0.889. The molecule has 2 aromatic rings. The maximum absolute atomic E-state index is 12.7. The second-order valence-electron chi connectivity index (χ2n) is 6.82. The first-order valence-electron chi connectivity index (χ1n) is 8.73. The molecule has 132 valence electrons. The smallest absolute Gasteiger partial charge is 0.332 e. The fourth-order valence-corrected chi connectivity index (χ4v) is 3.88. The molecule has 0 aromatic carbocycles. The summed E-state index contributed by atoms with van der Waals surface area (Å²) < 4.78 is 5.66. The minimum atomic E-state index is -0.874. The van der Waals surface area contributed by atoms with Gasteiger partial charge in [0.2, 0.25) is 0 Å². The summed E-state index contributed by atoms with van der Waals surface area (Å²) in [5, 5.41) is 10.0. The van der Waals surface area contributed by atoms with E-state index in [1.165, 1.54) is 0 Å². The van der Waals surface area contributed by atoms with Crippen LogP contribution in [-0.4, -0.2) is 57.1 Å². The molecule has 0 spiro atoms. The molecule has 7 heteroatoms. The maximum atomic E-state index is 12.7. The number of carbonyl (C=O) groups is 2. The predicted molar refractivity (Wildman–Crippen MR) is 90.3 cm³/mol. The summed E-state index contributed by atoms with van der Waals surface area (Å²) in [4.78, 5) is 32.9. The Labute approximate surface area is 145 Å². The second kappa shape index (κ2) is 6.48. The maximum Gasteiger partial charge on any atom is 0.332 e. The Kier molecular flexibility index (Phi) is 4.17. The van der Waals surface area contributed by atoms with Crippen molar-refractivity contribution < 1.29 is 19.4 Å². The zero-order valence-corrected chi connectivity index (χ0v) is 13.9. The molecule has 1 amide bonds. The number of H-pyrrole nitrogens is 1. The highest BCUT2D eigenvalue weighted by Gasteiger charge is 2.37. The lowest BCUT2D eigenvalue weighted by Gasteiger charge is -2.34. The number of likely N-dealkylation sites (tertiary alicyclic amines) is 1. The zero-order chi connectivity index (χ0) is 17.4. The van der Waals surface area contributed by atoms with E-state index in [4.69, 9.17) is 9.84 Å². The van der Waals surface area contributed by atoms with Crippen LogP contribution < -0.4 is 0 Å². The molecule has 2 aliphatic rings. The first kappa shape index (κ1) is 16.1. The molecule has 7 nitrogen and oxygen atoms in total. The summed E-state index contributed by atoms with van der Waals surface area (Å²) in [6, 6.07) is 5.59. The molecule has 2 N–H and O–H groups in total. The molecule has 0 saturated carbocycles.